The number of para-hydroxylation sites is 1. The minimum Gasteiger partial charge on any atom is -0.487 e. The van der Waals surface area contributed by atoms with Crippen molar-refractivity contribution in [3.05, 3.63) is 64.7 Å². The first-order valence-electron chi connectivity index (χ1n) is 13.2. The Hall–Kier alpha value is -2.53. The lowest BCUT2D eigenvalue weighted by Crippen LogP contribution is -2.51. The first-order valence-corrected chi connectivity index (χ1v) is 13.5. The van der Waals surface area contributed by atoms with Crippen LogP contribution in [0.2, 0.25) is 5.02 Å². The van der Waals surface area contributed by atoms with E-state index in [-0.39, 0.29) is 24.0 Å². The maximum atomic E-state index is 13.6. The Kier molecular flexibility index (Phi) is 9.08. The summed E-state index contributed by atoms with van der Waals surface area (Å²) in [4.78, 5) is 30.9. The summed E-state index contributed by atoms with van der Waals surface area (Å²) in [5.41, 5.74) is 1.75. The molecular weight excluding hydrogens is 460 g/mol. The number of ether oxygens (including phenoxy) is 1. The lowest BCUT2D eigenvalue weighted by atomic mass is 9.90. The number of fused-ring (bicyclic) bond motifs is 2. The fraction of sp³-hybridized carbons (Fsp3) is 0.517. The molecule has 0 saturated heterocycles. The summed E-state index contributed by atoms with van der Waals surface area (Å²) in [5.74, 6) is 0.862. The molecule has 0 unspecified atom stereocenters. The molecule has 2 aromatic rings. The number of hydrogen-bond acceptors (Lipinski definition) is 3. The van der Waals surface area contributed by atoms with Crippen LogP contribution >= 0.6 is 11.6 Å². The Balaban J connectivity index is 1.57. The van der Waals surface area contributed by atoms with Crippen LogP contribution in [0, 0.1) is 0 Å². The average Bonchev–Trinajstić information content (AvgIpc) is 2.89. The Morgan fingerprint density at radius 3 is 2.51 bits per heavy atom. The molecule has 1 aliphatic carbocycles. The molecule has 5 nitrogen and oxygen atoms in total. The van der Waals surface area contributed by atoms with Gasteiger partial charge in [0.05, 0.1) is 11.6 Å². The Morgan fingerprint density at radius 2 is 1.71 bits per heavy atom. The second-order valence-corrected chi connectivity index (χ2v) is 10.1. The summed E-state index contributed by atoms with van der Waals surface area (Å²) in [6, 6.07) is 15.4. The highest BCUT2D eigenvalue weighted by Crippen LogP contribution is 2.31. The molecule has 0 radical (unpaired) electrons. The summed E-state index contributed by atoms with van der Waals surface area (Å²) in [6.07, 6.45) is 7.94. The van der Waals surface area contributed by atoms with Gasteiger partial charge in [-0.15, -0.1) is 0 Å². The van der Waals surface area contributed by atoms with E-state index in [4.69, 9.17) is 16.3 Å². The summed E-state index contributed by atoms with van der Waals surface area (Å²) in [6.45, 7) is 4.17. The minimum atomic E-state index is -0.104. The molecular formula is C29H37ClN2O3. The third kappa shape index (κ3) is 6.58. The van der Waals surface area contributed by atoms with Gasteiger partial charge in [0.1, 0.15) is 11.9 Å². The molecule has 2 atom stereocenters. The molecule has 1 fully saturated rings. The second kappa shape index (κ2) is 12.4. The molecule has 1 heterocycles. The van der Waals surface area contributed by atoms with Crippen molar-refractivity contribution < 1.29 is 14.3 Å². The van der Waals surface area contributed by atoms with Gasteiger partial charge < -0.3 is 14.5 Å². The highest BCUT2D eigenvalue weighted by Gasteiger charge is 2.35. The summed E-state index contributed by atoms with van der Waals surface area (Å²) >= 11 is 6.02. The summed E-state index contributed by atoms with van der Waals surface area (Å²) < 4.78 is 6.58. The number of halogens is 1. The number of hydrogen-bond donors (Lipinski definition) is 0. The largest absolute Gasteiger partial charge is 0.487 e. The maximum Gasteiger partial charge on any atom is 0.257 e. The fourth-order valence-corrected chi connectivity index (χ4v) is 5.46. The van der Waals surface area contributed by atoms with E-state index < -0.39 is 0 Å². The average molecular weight is 497 g/mol. The van der Waals surface area contributed by atoms with Crippen LogP contribution in [0.5, 0.6) is 5.75 Å². The second-order valence-electron chi connectivity index (χ2n) is 9.66. The molecule has 0 aromatic heterocycles. The number of aryl methyl sites for hydroxylation is 1. The van der Waals surface area contributed by atoms with E-state index in [0.29, 0.717) is 35.7 Å². The zero-order chi connectivity index (χ0) is 24.6. The molecule has 1 saturated carbocycles. The van der Waals surface area contributed by atoms with Crippen LogP contribution < -0.4 is 4.74 Å². The number of carbonyl (C=O) groups is 2. The SMILES string of the molecule is CCN1CCCCCN(C(=O)CCc2ccc(Cl)cc2)[C@@H]2CCCC[C@@H]2Oc2ccccc2C1=O. The Morgan fingerprint density at radius 1 is 0.971 bits per heavy atom. The molecule has 6 heteroatoms. The smallest absolute Gasteiger partial charge is 0.257 e. The van der Waals surface area contributed by atoms with Gasteiger partial charge in [0, 0.05) is 31.1 Å². The van der Waals surface area contributed by atoms with Gasteiger partial charge in [-0.1, -0.05) is 42.3 Å². The third-order valence-corrected chi connectivity index (χ3v) is 7.57. The van der Waals surface area contributed by atoms with E-state index in [0.717, 1.165) is 63.6 Å². The topological polar surface area (TPSA) is 49.9 Å². The van der Waals surface area contributed by atoms with Gasteiger partial charge in [0.15, 0.2) is 0 Å². The van der Waals surface area contributed by atoms with Gasteiger partial charge in [-0.05, 0) is 81.7 Å². The van der Waals surface area contributed by atoms with Crippen LogP contribution in [0.15, 0.2) is 48.5 Å². The van der Waals surface area contributed by atoms with Crippen LogP contribution in [0.1, 0.15) is 74.2 Å². The van der Waals surface area contributed by atoms with Crippen LogP contribution in [-0.4, -0.2) is 53.4 Å². The molecule has 2 aliphatic rings. The number of amides is 2. The van der Waals surface area contributed by atoms with Crippen LogP contribution in [0.3, 0.4) is 0 Å². The van der Waals surface area contributed by atoms with E-state index in [1.165, 1.54) is 0 Å². The van der Waals surface area contributed by atoms with Gasteiger partial charge in [-0.2, -0.15) is 0 Å². The first-order chi connectivity index (χ1) is 17.1. The van der Waals surface area contributed by atoms with Crippen molar-refractivity contribution in [1.29, 1.82) is 0 Å². The van der Waals surface area contributed by atoms with E-state index in [1.54, 1.807) is 0 Å². The molecule has 35 heavy (non-hydrogen) atoms. The highest BCUT2D eigenvalue weighted by molar-refractivity contribution is 6.30. The highest BCUT2D eigenvalue weighted by atomic mass is 35.5. The van der Waals surface area contributed by atoms with E-state index in [2.05, 4.69) is 4.90 Å². The van der Waals surface area contributed by atoms with Gasteiger partial charge in [0.25, 0.3) is 5.91 Å². The zero-order valence-electron chi connectivity index (χ0n) is 20.8. The van der Waals surface area contributed by atoms with E-state index in [1.807, 2.05) is 60.4 Å². The molecule has 0 spiro atoms. The van der Waals surface area contributed by atoms with Crippen molar-refractivity contribution in [3.63, 3.8) is 0 Å². The van der Waals surface area contributed by atoms with Gasteiger partial charge in [0.2, 0.25) is 5.91 Å². The van der Waals surface area contributed by atoms with Crippen molar-refractivity contribution in [1.82, 2.24) is 9.80 Å². The molecule has 2 amide bonds. The van der Waals surface area contributed by atoms with Crippen LogP contribution in [0.25, 0.3) is 0 Å². The third-order valence-electron chi connectivity index (χ3n) is 7.32. The number of rotatable bonds is 4. The van der Waals surface area contributed by atoms with Crippen LogP contribution in [-0.2, 0) is 11.2 Å². The van der Waals surface area contributed by atoms with Crippen molar-refractivity contribution in [2.45, 2.75) is 76.9 Å². The van der Waals surface area contributed by atoms with Gasteiger partial charge >= 0.3 is 0 Å². The predicted molar refractivity (Wildman–Crippen MR) is 140 cm³/mol. The van der Waals surface area contributed by atoms with Gasteiger partial charge in [-0.25, -0.2) is 0 Å². The predicted octanol–water partition coefficient (Wildman–Crippen LogP) is 6.14. The van der Waals surface area contributed by atoms with E-state index in [9.17, 15) is 9.59 Å². The maximum absolute atomic E-state index is 13.6. The normalized spacial score (nSPS) is 21.6. The molecule has 188 valence electrons. The van der Waals surface area contributed by atoms with Crippen molar-refractivity contribution in [2.75, 3.05) is 19.6 Å². The van der Waals surface area contributed by atoms with Gasteiger partial charge in [-0.3, -0.25) is 9.59 Å². The Labute approximate surface area is 214 Å². The lowest BCUT2D eigenvalue weighted by molar-refractivity contribution is -0.136. The number of benzene rings is 2. The molecule has 0 N–H and O–H groups in total. The minimum absolute atomic E-state index is 0.0330. The summed E-state index contributed by atoms with van der Waals surface area (Å²) in [5, 5.41) is 0.710. The standard InChI is InChI=1S/C29H37ClN2O3/c1-2-31-20-8-3-9-21-32(28(33)19-16-22-14-17-23(30)18-15-22)25-11-5-7-13-27(25)35-26-12-6-4-10-24(26)29(31)34/h4,6,10,12,14-15,17-18,25,27H,2-3,5,7-9,11,13,16,19-21H2,1H3/t25-,27+/m1/s1. The quantitative estimate of drug-likeness (QED) is 0.511. The molecule has 2 aromatic carbocycles. The fourth-order valence-electron chi connectivity index (χ4n) is 5.34. The first kappa shape index (κ1) is 25.6. The zero-order valence-corrected chi connectivity index (χ0v) is 21.5. The number of carbonyl (C=O) groups excluding carboxylic acids is 2. The van der Waals surface area contributed by atoms with Crippen molar-refractivity contribution >= 4 is 23.4 Å². The van der Waals surface area contributed by atoms with E-state index >= 15 is 0 Å². The van der Waals surface area contributed by atoms with Crippen molar-refractivity contribution in [3.8, 4) is 5.75 Å². The number of nitrogens with zero attached hydrogens (tertiary/aromatic N) is 2. The lowest BCUT2D eigenvalue weighted by Gasteiger charge is -2.40. The van der Waals surface area contributed by atoms with Crippen molar-refractivity contribution in [2.24, 2.45) is 0 Å². The molecule has 1 aliphatic heterocycles. The molecule has 0 bridgehead atoms. The molecule has 4 rings (SSSR count). The van der Waals surface area contributed by atoms with Crippen LogP contribution in [0.4, 0.5) is 0 Å². The summed E-state index contributed by atoms with van der Waals surface area (Å²) in [7, 11) is 0. The monoisotopic (exact) mass is 496 g/mol. The Bertz CT molecular complexity index is 994.